The Labute approximate surface area is 169 Å². The van der Waals surface area contributed by atoms with Gasteiger partial charge in [-0.25, -0.2) is 0 Å². The summed E-state index contributed by atoms with van der Waals surface area (Å²) in [6.07, 6.45) is 0. The fourth-order valence-electron chi connectivity index (χ4n) is 1.94. The Morgan fingerprint density at radius 1 is 1.32 bits per heavy atom. The van der Waals surface area contributed by atoms with Crippen LogP contribution in [-0.4, -0.2) is 11.2 Å². The SMILES string of the molecule is CC#CCOc1ccc(-c2[c-]cc(I)c(=O)n2CC)cc1.[Y]. The van der Waals surface area contributed by atoms with Crippen LogP contribution in [0.1, 0.15) is 13.8 Å². The molecular weight excluding hydrogens is 466 g/mol. The molecule has 5 heteroatoms. The van der Waals surface area contributed by atoms with Gasteiger partial charge in [0.2, 0.25) is 5.56 Å². The first-order valence-electron chi connectivity index (χ1n) is 6.61. The van der Waals surface area contributed by atoms with E-state index in [1.54, 1.807) is 17.6 Å². The number of rotatable bonds is 4. The van der Waals surface area contributed by atoms with Gasteiger partial charge in [-0.2, -0.15) is 12.1 Å². The molecule has 0 aliphatic heterocycles. The second-order valence-electron chi connectivity index (χ2n) is 4.27. The van der Waals surface area contributed by atoms with E-state index in [-0.39, 0.29) is 38.3 Å². The molecule has 2 rings (SSSR count). The predicted octanol–water partition coefficient (Wildman–Crippen LogP) is 3.34. The number of halogens is 1. The average Bonchev–Trinajstić information content (AvgIpc) is 2.51. The van der Waals surface area contributed by atoms with Crippen molar-refractivity contribution < 1.29 is 37.4 Å². The van der Waals surface area contributed by atoms with Crippen LogP contribution >= 0.6 is 22.6 Å². The van der Waals surface area contributed by atoms with Crippen LogP contribution < -0.4 is 10.3 Å². The van der Waals surface area contributed by atoms with E-state index in [1.807, 2.05) is 53.8 Å². The fraction of sp³-hybridized carbons (Fsp3) is 0.235. The molecule has 0 atom stereocenters. The Balaban J connectivity index is 0.00000242. The number of pyridine rings is 1. The second kappa shape index (κ2) is 9.49. The van der Waals surface area contributed by atoms with Gasteiger partial charge in [0.15, 0.2) is 0 Å². The van der Waals surface area contributed by atoms with Crippen molar-refractivity contribution >= 4 is 22.6 Å². The third-order valence-electron chi connectivity index (χ3n) is 2.99. The van der Waals surface area contributed by atoms with Crippen LogP contribution in [0.3, 0.4) is 0 Å². The van der Waals surface area contributed by atoms with Crippen molar-refractivity contribution in [3.8, 4) is 28.8 Å². The molecule has 1 radical (unpaired) electrons. The zero-order valence-electron chi connectivity index (χ0n) is 12.5. The van der Waals surface area contributed by atoms with Crippen molar-refractivity contribution in [1.29, 1.82) is 0 Å². The molecule has 0 aliphatic carbocycles. The molecule has 3 nitrogen and oxygen atoms in total. The van der Waals surface area contributed by atoms with E-state index >= 15 is 0 Å². The summed E-state index contributed by atoms with van der Waals surface area (Å²) < 4.78 is 7.88. The summed E-state index contributed by atoms with van der Waals surface area (Å²) in [6.45, 7) is 4.73. The molecule has 0 fully saturated rings. The summed E-state index contributed by atoms with van der Waals surface area (Å²) in [4.78, 5) is 12.1. The van der Waals surface area contributed by atoms with Crippen molar-refractivity contribution in [3.63, 3.8) is 0 Å². The molecule has 0 bridgehead atoms. The van der Waals surface area contributed by atoms with E-state index < -0.39 is 0 Å². The van der Waals surface area contributed by atoms with Crippen molar-refractivity contribution in [2.75, 3.05) is 6.61 Å². The molecule has 1 aromatic heterocycles. The second-order valence-corrected chi connectivity index (χ2v) is 5.44. The molecule has 0 spiro atoms. The van der Waals surface area contributed by atoms with Gasteiger partial charge in [0.25, 0.3) is 0 Å². The third kappa shape index (κ3) is 4.68. The topological polar surface area (TPSA) is 31.2 Å². The minimum atomic E-state index is 0. The number of aromatic nitrogens is 1. The van der Waals surface area contributed by atoms with Gasteiger partial charge in [-0.1, -0.05) is 17.2 Å². The van der Waals surface area contributed by atoms with E-state index in [4.69, 9.17) is 4.74 Å². The number of ether oxygens (including phenoxy) is 1. The van der Waals surface area contributed by atoms with Crippen molar-refractivity contribution in [2.45, 2.75) is 20.4 Å². The van der Waals surface area contributed by atoms with Gasteiger partial charge in [0.05, 0.1) is 0 Å². The molecule has 0 saturated heterocycles. The van der Waals surface area contributed by atoms with Gasteiger partial charge in [0.1, 0.15) is 12.4 Å². The van der Waals surface area contributed by atoms with Crippen molar-refractivity contribution in [2.24, 2.45) is 0 Å². The molecular formula is C17H15INO2Y-. The number of nitrogens with zero attached hydrogens (tertiary/aromatic N) is 1. The number of hydrogen-bond donors (Lipinski definition) is 0. The summed E-state index contributed by atoms with van der Waals surface area (Å²) in [5.74, 6) is 6.39. The normalized spacial score (nSPS) is 9.41. The number of benzene rings is 1. The summed E-state index contributed by atoms with van der Waals surface area (Å²) in [6, 6.07) is 12.5. The van der Waals surface area contributed by atoms with Crippen molar-refractivity contribution in [3.05, 3.63) is 50.3 Å². The summed E-state index contributed by atoms with van der Waals surface area (Å²) in [7, 11) is 0. The Bertz CT molecular complexity index is 742. The quantitative estimate of drug-likeness (QED) is 0.382. The summed E-state index contributed by atoms with van der Waals surface area (Å²) in [5.41, 5.74) is 1.76. The average molecular weight is 481 g/mol. The Hall–Kier alpha value is -0.636. The predicted molar refractivity (Wildman–Crippen MR) is 92.3 cm³/mol. The molecule has 0 saturated carbocycles. The first kappa shape index (κ1) is 19.4. The monoisotopic (exact) mass is 481 g/mol. The third-order valence-corrected chi connectivity index (χ3v) is 3.76. The Morgan fingerprint density at radius 3 is 2.59 bits per heavy atom. The van der Waals surface area contributed by atoms with Crippen LogP contribution in [0.2, 0.25) is 0 Å². The van der Waals surface area contributed by atoms with Gasteiger partial charge in [-0.05, 0) is 29.6 Å². The minimum absolute atomic E-state index is 0. The smallest absolute Gasteiger partial charge is 0.207 e. The van der Waals surface area contributed by atoms with Gasteiger partial charge in [0, 0.05) is 39.3 Å². The van der Waals surface area contributed by atoms with E-state index in [2.05, 4.69) is 17.9 Å². The van der Waals surface area contributed by atoms with Crippen LogP contribution in [0.5, 0.6) is 5.75 Å². The van der Waals surface area contributed by atoms with Crippen LogP contribution in [0.25, 0.3) is 11.3 Å². The minimum Gasteiger partial charge on any atom is -0.481 e. The fourth-order valence-corrected chi connectivity index (χ4v) is 2.39. The molecule has 22 heavy (non-hydrogen) atoms. The zero-order valence-corrected chi connectivity index (χ0v) is 17.5. The van der Waals surface area contributed by atoms with E-state index in [0.29, 0.717) is 16.7 Å². The first-order chi connectivity index (χ1) is 10.2. The molecule has 0 N–H and O–H groups in total. The van der Waals surface area contributed by atoms with Crippen LogP contribution in [0.4, 0.5) is 0 Å². The Kier molecular flexibility index (Phi) is 8.37. The van der Waals surface area contributed by atoms with Crippen LogP contribution in [0, 0.1) is 21.5 Å². The Morgan fingerprint density at radius 2 is 2.00 bits per heavy atom. The molecule has 0 unspecified atom stereocenters. The summed E-state index contributed by atoms with van der Waals surface area (Å²) in [5, 5.41) is 0. The van der Waals surface area contributed by atoms with Gasteiger partial charge < -0.3 is 9.30 Å². The van der Waals surface area contributed by atoms with E-state index in [1.165, 1.54) is 0 Å². The molecule has 1 heterocycles. The molecule has 0 aliphatic rings. The van der Waals surface area contributed by atoms with Crippen LogP contribution in [0.15, 0.2) is 35.1 Å². The van der Waals surface area contributed by atoms with E-state index in [9.17, 15) is 4.79 Å². The standard InChI is InChI=1S/C17H15INO2.Y/c1-3-5-12-21-14-8-6-13(7-9-14)16-11-10-15(18)17(20)19(16)4-2;/h6-10H,4,12H2,1-2H3;/q-1;. The van der Waals surface area contributed by atoms with Crippen molar-refractivity contribution in [1.82, 2.24) is 4.57 Å². The van der Waals surface area contributed by atoms with Gasteiger partial charge in [-0.3, -0.25) is 4.79 Å². The van der Waals surface area contributed by atoms with E-state index in [0.717, 1.165) is 17.0 Å². The van der Waals surface area contributed by atoms with Gasteiger partial charge >= 0.3 is 0 Å². The maximum absolute atomic E-state index is 12.1. The molecule has 1 aromatic carbocycles. The maximum atomic E-state index is 12.1. The molecule has 111 valence electrons. The molecule has 0 amide bonds. The summed E-state index contributed by atoms with van der Waals surface area (Å²) >= 11 is 2.04. The largest absolute Gasteiger partial charge is 0.481 e. The zero-order chi connectivity index (χ0) is 15.2. The first-order valence-corrected chi connectivity index (χ1v) is 7.69. The molecule has 2 aromatic rings. The van der Waals surface area contributed by atoms with Gasteiger partial charge in [-0.15, -0.1) is 40.6 Å². The maximum Gasteiger partial charge on any atom is 0.207 e. The van der Waals surface area contributed by atoms with Crippen LogP contribution in [-0.2, 0) is 39.3 Å². The number of hydrogen-bond acceptors (Lipinski definition) is 2.